The lowest BCUT2D eigenvalue weighted by atomic mass is 10.0. The molecule has 0 spiro atoms. The van der Waals surface area contributed by atoms with Crippen LogP contribution in [-0.2, 0) is 11.2 Å². The van der Waals surface area contributed by atoms with E-state index in [9.17, 15) is 4.79 Å². The van der Waals surface area contributed by atoms with Crippen LogP contribution < -0.4 is 15.5 Å². The molecule has 3 aromatic rings. The maximum absolute atomic E-state index is 11.8. The molecular formula is C27H30N6O. The van der Waals surface area contributed by atoms with E-state index in [4.69, 9.17) is 4.98 Å². The monoisotopic (exact) mass is 454 g/mol. The van der Waals surface area contributed by atoms with E-state index in [1.807, 2.05) is 18.2 Å². The number of fused-ring (bicyclic) bond motifs is 3. The van der Waals surface area contributed by atoms with Gasteiger partial charge in [-0.1, -0.05) is 6.07 Å². The van der Waals surface area contributed by atoms with Gasteiger partial charge in [-0.25, -0.2) is 9.97 Å². The van der Waals surface area contributed by atoms with Gasteiger partial charge in [-0.2, -0.15) is 0 Å². The molecule has 0 radical (unpaired) electrons. The fourth-order valence-electron chi connectivity index (χ4n) is 5.66. The second kappa shape index (κ2) is 8.40. The van der Waals surface area contributed by atoms with Crippen molar-refractivity contribution in [3.05, 3.63) is 59.8 Å². The summed E-state index contributed by atoms with van der Waals surface area (Å²) in [6, 6.07) is 15.9. The van der Waals surface area contributed by atoms with Gasteiger partial charge in [0.2, 0.25) is 11.9 Å². The van der Waals surface area contributed by atoms with Gasteiger partial charge in [-0.15, -0.1) is 0 Å². The van der Waals surface area contributed by atoms with Crippen molar-refractivity contribution in [1.82, 2.24) is 14.9 Å². The normalized spacial score (nSPS) is 21.8. The van der Waals surface area contributed by atoms with E-state index in [0.717, 1.165) is 54.1 Å². The maximum atomic E-state index is 11.8. The van der Waals surface area contributed by atoms with E-state index in [1.165, 1.54) is 17.7 Å². The predicted octanol–water partition coefficient (Wildman–Crippen LogP) is 4.36. The Morgan fingerprint density at radius 2 is 1.97 bits per heavy atom. The molecule has 2 aromatic carbocycles. The average molecular weight is 455 g/mol. The van der Waals surface area contributed by atoms with E-state index in [-0.39, 0.29) is 5.91 Å². The highest BCUT2D eigenvalue weighted by Crippen LogP contribution is 2.36. The minimum Gasteiger partial charge on any atom is -0.365 e. The summed E-state index contributed by atoms with van der Waals surface area (Å²) in [7, 11) is 2.24. The lowest BCUT2D eigenvalue weighted by Gasteiger charge is -2.34. The van der Waals surface area contributed by atoms with Crippen LogP contribution in [0.2, 0.25) is 0 Å². The quantitative estimate of drug-likeness (QED) is 0.610. The van der Waals surface area contributed by atoms with E-state index < -0.39 is 0 Å². The van der Waals surface area contributed by atoms with E-state index >= 15 is 0 Å². The van der Waals surface area contributed by atoms with Crippen LogP contribution in [0.25, 0.3) is 11.3 Å². The molecule has 0 aliphatic carbocycles. The number of amides is 1. The third-order valence-corrected chi connectivity index (χ3v) is 7.46. The molecule has 2 saturated heterocycles. The summed E-state index contributed by atoms with van der Waals surface area (Å²) in [4.78, 5) is 26.1. The Bertz CT molecular complexity index is 1260. The third kappa shape index (κ3) is 3.90. The summed E-state index contributed by atoms with van der Waals surface area (Å²) in [5.74, 6) is 0.667. The van der Waals surface area contributed by atoms with Crippen LogP contribution in [0, 0.1) is 6.92 Å². The van der Waals surface area contributed by atoms with Crippen LogP contribution >= 0.6 is 0 Å². The molecule has 3 aliphatic heterocycles. The van der Waals surface area contributed by atoms with Crippen LogP contribution in [0.3, 0.4) is 0 Å². The van der Waals surface area contributed by atoms with Crippen LogP contribution in [0.5, 0.6) is 0 Å². The first kappa shape index (κ1) is 21.1. The fraction of sp³-hybridized carbons (Fsp3) is 0.370. The smallest absolute Gasteiger partial charge is 0.227 e. The van der Waals surface area contributed by atoms with E-state index in [2.05, 4.69) is 63.7 Å². The number of carbonyl (C=O) groups is 1. The summed E-state index contributed by atoms with van der Waals surface area (Å²) >= 11 is 0. The molecule has 7 heteroatoms. The molecule has 2 fully saturated rings. The highest BCUT2D eigenvalue weighted by Gasteiger charge is 2.41. The summed E-state index contributed by atoms with van der Waals surface area (Å²) in [5.41, 5.74) is 7.55. The molecule has 2 N–H and O–H groups in total. The van der Waals surface area contributed by atoms with Gasteiger partial charge in [0.15, 0.2) is 0 Å². The largest absolute Gasteiger partial charge is 0.365 e. The van der Waals surface area contributed by atoms with Crippen LogP contribution in [0.1, 0.15) is 30.4 Å². The van der Waals surface area contributed by atoms with Gasteiger partial charge < -0.3 is 15.5 Å². The predicted molar refractivity (Wildman–Crippen MR) is 136 cm³/mol. The zero-order valence-electron chi connectivity index (χ0n) is 19.7. The number of piperazine rings is 1. The number of hydrogen-bond acceptors (Lipinski definition) is 6. The van der Waals surface area contributed by atoms with Gasteiger partial charge >= 0.3 is 0 Å². The topological polar surface area (TPSA) is 73.4 Å². The van der Waals surface area contributed by atoms with Crippen LogP contribution in [0.4, 0.5) is 23.0 Å². The van der Waals surface area contributed by atoms with E-state index in [1.54, 1.807) is 6.20 Å². The number of anilines is 4. The Morgan fingerprint density at radius 1 is 1.06 bits per heavy atom. The highest BCUT2D eigenvalue weighted by molar-refractivity contribution is 5.92. The number of aromatic nitrogens is 2. The molecule has 3 aliphatic rings. The first-order valence-corrected chi connectivity index (χ1v) is 12.1. The second-order valence-electron chi connectivity index (χ2n) is 9.80. The minimum absolute atomic E-state index is 0.0888. The molecule has 6 rings (SSSR count). The highest BCUT2D eigenvalue weighted by atomic mass is 16.1. The summed E-state index contributed by atoms with van der Waals surface area (Å²) in [6.07, 6.45) is 5.38. The Balaban J connectivity index is 1.20. The maximum Gasteiger partial charge on any atom is 0.227 e. The zero-order chi connectivity index (χ0) is 23.2. The number of aryl methyl sites for hydroxylation is 2. The molecular weight excluding hydrogens is 424 g/mol. The van der Waals surface area contributed by atoms with Crippen molar-refractivity contribution in [3.8, 4) is 11.3 Å². The van der Waals surface area contributed by atoms with Gasteiger partial charge in [-0.05, 0) is 80.8 Å². The standard InChI is InChI=1S/C27H30N6O/c1-17-12-20(7-9-25(17)33-16-21-14-22(33)15-32(21)2)29-27-28-11-10-24(31-27)19-6-8-23-18(13-19)4-3-5-26(34)30-23/h6-13,21-22H,3-5,14-16H2,1-2H3,(H,30,34)(H,28,29,31). The van der Waals surface area contributed by atoms with Crippen molar-refractivity contribution < 1.29 is 4.79 Å². The van der Waals surface area contributed by atoms with Crippen molar-refractivity contribution in [3.63, 3.8) is 0 Å². The van der Waals surface area contributed by atoms with Gasteiger partial charge in [0.05, 0.1) is 5.69 Å². The summed E-state index contributed by atoms with van der Waals surface area (Å²) in [6.45, 7) is 4.45. The van der Waals surface area contributed by atoms with Gasteiger partial charge in [0, 0.05) is 60.4 Å². The lowest BCUT2D eigenvalue weighted by Crippen LogP contribution is -2.44. The lowest BCUT2D eigenvalue weighted by molar-refractivity contribution is -0.116. The van der Waals surface area contributed by atoms with Crippen molar-refractivity contribution >= 4 is 28.9 Å². The van der Waals surface area contributed by atoms with Crippen LogP contribution in [0.15, 0.2) is 48.7 Å². The Hall–Kier alpha value is -3.45. The number of likely N-dealkylation sites (N-methyl/N-ethyl adjacent to an activating group) is 1. The SMILES string of the molecule is Cc1cc(Nc2nccc(-c3ccc4c(c3)CCCC(=O)N4)n2)ccc1N1CC2CC1CN2C. The molecule has 1 amide bonds. The van der Waals surface area contributed by atoms with Gasteiger partial charge in [0.25, 0.3) is 0 Å². The number of nitrogens with one attached hydrogen (secondary N) is 2. The third-order valence-electron chi connectivity index (χ3n) is 7.46. The number of rotatable bonds is 4. The van der Waals surface area contributed by atoms with Crippen molar-refractivity contribution in [2.45, 2.75) is 44.7 Å². The van der Waals surface area contributed by atoms with Crippen molar-refractivity contribution in [1.29, 1.82) is 0 Å². The first-order valence-electron chi connectivity index (χ1n) is 12.1. The van der Waals surface area contributed by atoms with Crippen LogP contribution in [-0.4, -0.2) is 53.0 Å². The van der Waals surface area contributed by atoms with Crippen molar-refractivity contribution in [2.24, 2.45) is 0 Å². The number of hydrogen-bond donors (Lipinski definition) is 2. The number of benzene rings is 2. The zero-order valence-corrected chi connectivity index (χ0v) is 19.7. The van der Waals surface area contributed by atoms with Gasteiger partial charge in [0.1, 0.15) is 0 Å². The fourth-order valence-corrected chi connectivity index (χ4v) is 5.66. The molecule has 174 valence electrons. The summed E-state index contributed by atoms with van der Waals surface area (Å²) < 4.78 is 0. The molecule has 1 aromatic heterocycles. The molecule has 2 bridgehead atoms. The molecule has 34 heavy (non-hydrogen) atoms. The Kier molecular flexibility index (Phi) is 5.21. The number of likely N-dealkylation sites (tertiary alicyclic amines) is 1. The first-order chi connectivity index (χ1) is 16.5. The Morgan fingerprint density at radius 3 is 2.76 bits per heavy atom. The number of nitrogens with zero attached hydrogens (tertiary/aromatic N) is 4. The van der Waals surface area contributed by atoms with Crippen molar-refractivity contribution in [2.75, 3.05) is 35.7 Å². The van der Waals surface area contributed by atoms with E-state index in [0.29, 0.717) is 24.5 Å². The minimum atomic E-state index is 0.0888. The van der Waals surface area contributed by atoms with Gasteiger partial charge in [-0.3, -0.25) is 9.69 Å². The molecule has 0 saturated carbocycles. The molecule has 2 unspecified atom stereocenters. The molecule has 7 nitrogen and oxygen atoms in total. The number of carbonyl (C=O) groups excluding carboxylic acids is 1. The Labute approximate surface area is 200 Å². The molecule has 2 atom stereocenters. The molecule has 4 heterocycles. The average Bonchev–Trinajstić information content (AvgIpc) is 3.33. The second-order valence-corrected chi connectivity index (χ2v) is 9.80. The summed E-state index contributed by atoms with van der Waals surface area (Å²) in [5, 5.41) is 6.38.